The van der Waals surface area contributed by atoms with Crippen LogP contribution in [0.3, 0.4) is 0 Å². The van der Waals surface area contributed by atoms with Gasteiger partial charge in [-0.1, -0.05) is 33.3 Å². The van der Waals surface area contributed by atoms with E-state index in [4.69, 9.17) is 0 Å². The molecule has 2 nitrogen and oxygen atoms in total. The first-order valence-electron chi connectivity index (χ1n) is 6.18. The summed E-state index contributed by atoms with van der Waals surface area (Å²) in [6.07, 6.45) is 8.74. The Kier molecular flexibility index (Phi) is 4.07. The molecule has 0 bridgehead atoms. The molecule has 1 saturated carbocycles. The van der Waals surface area contributed by atoms with E-state index in [0.29, 0.717) is 0 Å². The van der Waals surface area contributed by atoms with Gasteiger partial charge in [0.15, 0.2) is 5.78 Å². The maximum atomic E-state index is 12.3. The summed E-state index contributed by atoms with van der Waals surface area (Å²) in [4.78, 5) is 22.6. The number of rotatable bonds is 4. The van der Waals surface area contributed by atoms with Gasteiger partial charge >= 0.3 is 0 Å². The number of hydrogen-bond acceptors (Lipinski definition) is 2. The van der Waals surface area contributed by atoms with Crippen molar-refractivity contribution in [3.05, 3.63) is 23.8 Å². The second-order valence-corrected chi connectivity index (χ2v) is 5.81. The Bertz CT molecular complexity index is 374. The Balaban J connectivity index is 2.84. The third-order valence-electron chi connectivity index (χ3n) is 4.34. The highest BCUT2D eigenvalue weighted by Crippen LogP contribution is 2.53. The van der Waals surface area contributed by atoms with Crippen LogP contribution in [-0.4, -0.2) is 12.1 Å². The summed E-state index contributed by atoms with van der Waals surface area (Å²) >= 11 is 0. The van der Waals surface area contributed by atoms with Crippen LogP contribution in [-0.2, 0) is 9.59 Å². The Morgan fingerprint density at radius 2 is 1.76 bits per heavy atom. The smallest absolute Gasteiger partial charge is 0.162 e. The van der Waals surface area contributed by atoms with E-state index >= 15 is 0 Å². The normalized spacial score (nSPS) is 28.6. The largest absolute Gasteiger partial charge is 0.299 e. The number of hydrogen-bond donors (Lipinski definition) is 0. The topological polar surface area (TPSA) is 34.1 Å². The van der Waals surface area contributed by atoms with E-state index in [2.05, 4.69) is 20.8 Å². The molecular weight excluding hydrogens is 212 g/mol. The van der Waals surface area contributed by atoms with Crippen molar-refractivity contribution in [2.75, 3.05) is 0 Å². The van der Waals surface area contributed by atoms with E-state index < -0.39 is 0 Å². The van der Waals surface area contributed by atoms with Gasteiger partial charge in [0.05, 0.1) is 0 Å². The molecule has 1 rings (SSSR count). The van der Waals surface area contributed by atoms with Crippen molar-refractivity contribution in [3.8, 4) is 0 Å². The first kappa shape index (κ1) is 13.9. The lowest BCUT2D eigenvalue weighted by molar-refractivity contribution is -0.127. The van der Waals surface area contributed by atoms with Gasteiger partial charge in [0.25, 0.3) is 0 Å². The van der Waals surface area contributed by atoms with Crippen molar-refractivity contribution in [2.45, 2.75) is 47.0 Å². The summed E-state index contributed by atoms with van der Waals surface area (Å²) < 4.78 is 0. The van der Waals surface area contributed by atoms with Crippen LogP contribution in [0.2, 0.25) is 0 Å². The minimum Gasteiger partial charge on any atom is -0.299 e. The minimum absolute atomic E-state index is 0.0662. The Labute approximate surface area is 104 Å². The van der Waals surface area contributed by atoms with E-state index in [1.54, 1.807) is 12.2 Å². The van der Waals surface area contributed by atoms with Crippen LogP contribution >= 0.6 is 0 Å². The molecule has 0 radical (unpaired) electrons. The number of carbonyl (C=O) groups is 2. The van der Waals surface area contributed by atoms with Gasteiger partial charge in [-0.25, -0.2) is 0 Å². The molecule has 1 aliphatic rings. The fraction of sp³-hybridized carbons (Fsp3) is 0.600. The number of carbonyl (C=O) groups excluding carboxylic acids is 2. The van der Waals surface area contributed by atoms with Gasteiger partial charge in [0.2, 0.25) is 0 Å². The fourth-order valence-corrected chi connectivity index (χ4v) is 2.51. The number of ketones is 1. The standard InChI is InChI=1S/C15H22O2/c1-12(8-11-16)6-7-13(17)15(4)10-5-9-14(15,2)3/h6-8,11H,5,9-10H2,1-4H3/b7-6+,12-8+/t15-/m0/s1. The lowest BCUT2D eigenvalue weighted by Gasteiger charge is -2.36. The lowest BCUT2D eigenvalue weighted by Crippen LogP contribution is -2.36. The molecule has 0 spiro atoms. The average Bonchev–Trinajstić information content (AvgIpc) is 2.51. The van der Waals surface area contributed by atoms with E-state index in [1.807, 2.05) is 6.92 Å². The molecule has 0 heterocycles. The SMILES string of the molecule is CC(/C=C/C(=O)[C@]1(C)CCCC1(C)C)=C\C=O. The summed E-state index contributed by atoms with van der Waals surface area (Å²) in [5.41, 5.74) is 0.620. The summed E-state index contributed by atoms with van der Waals surface area (Å²) in [6.45, 7) is 8.21. The molecule has 1 fully saturated rings. The third-order valence-corrected chi connectivity index (χ3v) is 4.34. The molecule has 17 heavy (non-hydrogen) atoms. The first-order valence-corrected chi connectivity index (χ1v) is 6.18. The van der Waals surface area contributed by atoms with E-state index in [1.165, 1.54) is 6.08 Å². The van der Waals surface area contributed by atoms with Crippen molar-refractivity contribution in [3.63, 3.8) is 0 Å². The van der Waals surface area contributed by atoms with Gasteiger partial charge in [-0.15, -0.1) is 0 Å². The summed E-state index contributed by atoms with van der Waals surface area (Å²) in [6, 6.07) is 0. The zero-order valence-corrected chi connectivity index (χ0v) is 11.2. The van der Waals surface area contributed by atoms with Gasteiger partial charge in [-0.05, 0) is 42.9 Å². The highest BCUT2D eigenvalue weighted by molar-refractivity contribution is 5.95. The van der Waals surface area contributed by atoms with Crippen LogP contribution in [0.15, 0.2) is 23.8 Å². The lowest BCUT2D eigenvalue weighted by atomic mass is 9.66. The maximum Gasteiger partial charge on any atom is 0.162 e. The molecule has 0 aromatic heterocycles. The highest BCUT2D eigenvalue weighted by atomic mass is 16.1. The van der Waals surface area contributed by atoms with Crippen LogP contribution in [0.4, 0.5) is 0 Å². The Morgan fingerprint density at radius 1 is 1.12 bits per heavy atom. The monoisotopic (exact) mass is 234 g/mol. The van der Waals surface area contributed by atoms with Crippen molar-refractivity contribution in [1.82, 2.24) is 0 Å². The zero-order chi connectivity index (χ0) is 13.1. The van der Waals surface area contributed by atoms with E-state index in [-0.39, 0.29) is 16.6 Å². The van der Waals surface area contributed by atoms with Gasteiger partial charge in [0.1, 0.15) is 6.29 Å². The molecule has 0 aromatic carbocycles. The van der Waals surface area contributed by atoms with Crippen molar-refractivity contribution in [2.24, 2.45) is 10.8 Å². The third kappa shape index (κ3) is 2.74. The van der Waals surface area contributed by atoms with Gasteiger partial charge in [-0.2, -0.15) is 0 Å². The van der Waals surface area contributed by atoms with Crippen molar-refractivity contribution in [1.29, 1.82) is 0 Å². The van der Waals surface area contributed by atoms with E-state index in [0.717, 1.165) is 31.1 Å². The second-order valence-electron chi connectivity index (χ2n) is 5.81. The van der Waals surface area contributed by atoms with Crippen LogP contribution in [0.5, 0.6) is 0 Å². The number of allylic oxidation sites excluding steroid dienone is 4. The quantitative estimate of drug-likeness (QED) is 0.424. The molecule has 0 unspecified atom stereocenters. The summed E-state index contributed by atoms with van der Waals surface area (Å²) in [5, 5.41) is 0. The predicted octanol–water partition coefficient (Wildman–Crippen LogP) is 3.47. The first-order chi connectivity index (χ1) is 7.83. The van der Waals surface area contributed by atoms with Gasteiger partial charge in [0, 0.05) is 5.41 Å². The minimum atomic E-state index is -0.259. The van der Waals surface area contributed by atoms with Crippen LogP contribution in [0.25, 0.3) is 0 Å². The molecule has 1 atom stereocenters. The second kappa shape index (κ2) is 4.99. The molecule has 0 aliphatic heterocycles. The van der Waals surface area contributed by atoms with Gasteiger partial charge in [-0.3, -0.25) is 9.59 Å². The van der Waals surface area contributed by atoms with Gasteiger partial charge < -0.3 is 0 Å². The number of aldehydes is 1. The molecule has 0 aromatic rings. The highest BCUT2D eigenvalue weighted by Gasteiger charge is 2.48. The molecule has 0 N–H and O–H groups in total. The van der Waals surface area contributed by atoms with Crippen molar-refractivity contribution >= 4 is 12.1 Å². The zero-order valence-electron chi connectivity index (χ0n) is 11.2. The summed E-state index contributed by atoms with van der Waals surface area (Å²) in [7, 11) is 0. The molecule has 94 valence electrons. The molecular formula is C15H22O2. The van der Waals surface area contributed by atoms with E-state index in [9.17, 15) is 9.59 Å². The molecule has 1 aliphatic carbocycles. The molecule has 2 heteroatoms. The Hall–Kier alpha value is -1.18. The summed E-state index contributed by atoms with van der Waals surface area (Å²) in [5.74, 6) is 0.179. The van der Waals surface area contributed by atoms with Crippen LogP contribution in [0, 0.1) is 10.8 Å². The predicted molar refractivity (Wildman–Crippen MR) is 69.7 cm³/mol. The maximum absolute atomic E-state index is 12.3. The average molecular weight is 234 g/mol. The Morgan fingerprint density at radius 3 is 2.24 bits per heavy atom. The molecule has 0 amide bonds. The van der Waals surface area contributed by atoms with Crippen molar-refractivity contribution < 1.29 is 9.59 Å². The van der Waals surface area contributed by atoms with Crippen LogP contribution < -0.4 is 0 Å². The molecule has 0 saturated heterocycles. The fourth-order valence-electron chi connectivity index (χ4n) is 2.51. The van der Waals surface area contributed by atoms with Crippen LogP contribution in [0.1, 0.15) is 47.0 Å².